The van der Waals surface area contributed by atoms with E-state index in [0.717, 1.165) is 5.69 Å². The second kappa shape index (κ2) is 3.79. The molecule has 0 unspecified atom stereocenters. The summed E-state index contributed by atoms with van der Waals surface area (Å²) >= 11 is 11.3. The Balaban J connectivity index is 3.02. The fourth-order valence-electron chi connectivity index (χ4n) is 0.698. The zero-order valence-electron chi connectivity index (χ0n) is 5.97. The number of aromatic nitrogens is 1. The molecule has 1 heterocycles. The van der Waals surface area contributed by atoms with E-state index in [1.54, 1.807) is 12.1 Å². The molecule has 0 spiro atoms. The Kier molecular flexibility index (Phi) is 2.97. The molecular weight excluding hydrogens is 185 g/mol. The van der Waals surface area contributed by atoms with Crippen LogP contribution >= 0.6 is 23.2 Å². The van der Waals surface area contributed by atoms with Crippen molar-refractivity contribution in [2.24, 2.45) is 0 Å². The van der Waals surface area contributed by atoms with Crippen molar-refractivity contribution in [3.63, 3.8) is 0 Å². The summed E-state index contributed by atoms with van der Waals surface area (Å²) in [6.45, 7) is 0. The second-order valence-corrected chi connectivity index (χ2v) is 2.66. The molecule has 60 valence electrons. The smallest absolute Gasteiger partial charge is 0.214 e. The molecule has 0 aliphatic heterocycles. The van der Waals surface area contributed by atoms with Gasteiger partial charge in [0.05, 0.1) is 18.7 Å². The molecule has 0 amide bonds. The maximum atomic E-state index is 5.73. The normalized spacial score (nSPS) is 9.73. The molecule has 1 rings (SSSR count). The van der Waals surface area contributed by atoms with Crippen LogP contribution in [0.2, 0.25) is 5.02 Å². The number of pyridine rings is 1. The summed E-state index contributed by atoms with van der Waals surface area (Å²) in [5, 5.41) is 0.590. The van der Waals surface area contributed by atoms with Crippen molar-refractivity contribution >= 4 is 23.2 Å². The summed E-state index contributed by atoms with van der Waals surface area (Å²) < 4.78 is 4.88. The van der Waals surface area contributed by atoms with E-state index in [4.69, 9.17) is 27.9 Å². The molecule has 0 saturated carbocycles. The molecule has 1 aromatic heterocycles. The van der Waals surface area contributed by atoms with E-state index in [9.17, 15) is 0 Å². The van der Waals surface area contributed by atoms with Gasteiger partial charge in [0, 0.05) is 11.1 Å². The van der Waals surface area contributed by atoms with Gasteiger partial charge in [-0.05, 0) is 6.07 Å². The Hall–Kier alpha value is -0.470. The number of alkyl halides is 1. The van der Waals surface area contributed by atoms with E-state index in [1.807, 2.05) is 0 Å². The fraction of sp³-hybridized carbons (Fsp3) is 0.286. The number of hydrogen-bond donors (Lipinski definition) is 0. The summed E-state index contributed by atoms with van der Waals surface area (Å²) in [6, 6.07) is 3.34. The van der Waals surface area contributed by atoms with Gasteiger partial charge in [0.25, 0.3) is 0 Å². The van der Waals surface area contributed by atoms with Crippen molar-refractivity contribution in [1.82, 2.24) is 4.98 Å². The Morgan fingerprint density at radius 3 is 2.82 bits per heavy atom. The fourth-order valence-corrected chi connectivity index (χ4v) is 1.05. The minimum Gasteiger partial charge on any atom is -0.481 e. The zero-order chi connectivity index (χ0) is 8.27. The molecule has 0 atom stereocenters. The molecule has 1 aromatic rings. The van der Waals surface area contributed by atoms with Crippen LogP contribution in [-0.2, 0) is 5.88 Å². The third-order valence-electron chi connectivity index (χ3n) is 1.17. The van der Waals surface area contributed by atoms with Crippen LogP contribution in [0.3, 0.4) is 0 Å². The number of hydrogen-bond acceptors (Lipinski definition) is 2. The van der Waals surface area contributed by atoms with Gasteiger partial charge < -0.3 is 4.74 Å². The van der Waals surface area contributed by atoms with E-state index in [-0.39, 0.29) is 0 Å². The standard InChI is InChI=1S/C7H7Cl2NO/c1-11-7-3-5(9)2-6(4-8)10-7/h2-3H,4H2,1H3. The highest BCUT2D eigenvalue weighted by Crippen LogP contribution is 2.17. The monoisotopic (exact) mass is 191 g/mol. The van der Waals surface area contributed by atoms with E-state index in [1.165, 1.54) is 7.11 Å². The number of halogens is 2. The highest BCUT2D eigenvalue weighted by atomic mass is 35.5. The third-order valence-corrected chi connectivity index (χ3v) is 1.66. The first-order valence-corrected chi connectivity index (χ1v) is 3.94. The van der Waals surface area contributed by atoms with Gasteiger partial charge in [-0.1, -0.05) is 11.6 Å². The van der Waals surface area contributed by atoms with Crippen LogP contribution in [0.15, 0.2) is 12.1 Å². The van der Waals surface area contributed by atoms with Gasteiger partial charge >= 0.3 is 0 Å². The van der Waals surface area contributed by atoms with Gasteiger partial charge in [0.2, 0.25) is 5.88 Å². The molecule has 2 nitrogen and oxygen atoms in total. The van der Waals surface area contributed by atoms with Crippen molar-refractivity contribution < 1.29 is 4.74 Å². The molecule has 0 bridgehead atoms. The van der Waals surface area contributed by atoms with Crippen LogP contribution in [0.1, 0.15) is 5.69 Å². The predicted octanol–water partition coefficient (Wildman–Crippen LogP) is 2.48. The first-order valence-electron chi connectivity index (χ1n) is 3.02. The summed E-state index contributed by atoms with van der Waals surface area (Å²) in [5.74, 6) is 0.838. The Morgan fingerprint density at radius 2 is 2.27 bits per heavy atom. The highest BCUT2D eigenvalue weighted by Gasteiger charge is 1.99. The molecule has 4 heteroatoms. The molecule has 0 radical (unpaired) electrons. The van der Waals surface area contributed by atoms with Gasteiger partial charge in [-0.25, -0.2) is 4.98 Å². The Bertz CT molecular complexity index is 230. The van der Waals surface area contributed by atoms with Gasteiger partial charge in [-0.15, -0.1) is 11.6 Å². The van der Waals surface area contributed by atoms with Crippen molar-refractivity contribution in [1.29, 1.82) is 0 Å². The van der Waals surface area contributed by atoms with Crippen LogP contribution in [0.4, 0.5) is 0 Å². The first-order chi connectivity index (χ1) is 5.26. The van der Waals surface area contributed by atoms with Crippen LogP contribution < -0.4 is 4.74 Å². The lowest BCUT2D eigenvalue weighted by Crippen LogP contribution is -1.91. The van der Waals surface area contributed by atoms with Crippen molar-refractivity contribution in [3.8, 4) is 5.88 Å². The number of rotatable bonds is 2. The SMILES string of the molecule is COc1cc(Cl)cc(CCl)n1. The van der Waals surface area contributed by atoms with Gasteiger partial charge in [-0.2, -0.15) is 0 Å². The average Bonchev–Trinajstić information content (AvgIpc) is 2.03. The molecule has 0 saturated heterocycles. The van der Waals surface area contributed by atoms with Crippen LogP contribution in [0, 0.1) is 0 Å². The molecule has 0 N–H and O–H groups in total. The largest absolute Gasteiger partial charge is 0.481 e. The highest BCUT2D eigenvalue weighted by molar-refractivity contribution is 6.30. The summed E-state index contributed by atoms with van der Waals surface area (Å²) in [5.41, 5.74) is 0.719. The quantitative estimate of drug-likeness (QED) is 0.671. The predicted molar refractivity (Wildman–Crippen MR) is 45.4 cm³/mol. The maximum Gasteiger partial charge on any atom is 0.214 e. The molecule has 0 aliphatic carbocycles. The number of nitrogens with zero attached hydrogens (tertiary/aromatic N) is 1. The minimum absolute atomic E-state index is 0.344. The topological polar surface area (TPSA) is 22.1 Å². The summed E-state index contributed by atoms with van der Waals surface area (Å²) in [7, 11) is 1.54. The number of methoxy groups -OCH3 is 1. The van der Waals surface area contributed by atoms with Crippen LogP contribution in [-0.4, -0.2) is 12.1 Å². The molecule has 0 aliphatic rings. The van der Waals surface area contributed by atoms with E-state index in [2.05, 4.69) is 4.98 Å². The van der Waals surface area contributed by atoms with Crippen molar-refractivity contribution in [2.75, 3.05) is 7.11 Å². The van der Waals surface area contributed by atoms with Gasteiger partial charge in [0.15, 0.2) is 0 Å². The first kappa shape index (κ1) is 8.62. The Labute approximate surface area is 75.1 Å². The van der Waals surface area contributed by atoms with E-state index in [0.29, 0.717) is 16.8 Å². The Morgan fingerprint density at radius 1 is 1.55 bits per heavy atom. The summed E-state index contributed by atoms with van der Waals surface area (Å²) in [4.78, 5) is 4.03. The maximum absolute atomic E-state index is 5.73. The van der Waals surface area contributed by atoms with Crippen LogP contribution in [0.5, 0.6) is 5.88 Å². The lowest BCUT2D eigenvalue weighted by Gasteiger charge is -2.00. The zero-order valence-corrected chi connectivity index (χ0v) is 7.49. The second-order valence-electron chi connectivity index (χ2n) is 1.95. The van der Waals surface area contributed by atoms with Crippen molar-refractivity contribution in [3.05, 3.63) is 22.8 Å². The van der Waals surface area contributed by atoms with Gasteiger partial charge in [-0.3, -0.25) is 0 Å². The van der Waals surface area contributed by atoms with E-state index >= 15 is 0 Å². The molecule has 0 aromatic carbocycles. The summed E-state index contributed by atoms with van der Waals surface area (Å²) in [6.07, 6.45) is 0. The minimum atomic E-state index is 0.344. The van der Waals surface area contributed by atoms with Crippen molar-refractivity contribution in [2.45, 2.75) is 5.88 Å². The molecular formula is C7H7Cl2NO. The third kappa shape index (κ3) is 2.24. The van der Waals surface area contributed by atoms with E-state index < -0.39 is 0 Å². The average molecular weight is 192 g/mol. The number of ether oxygens (including phenoxy) is 1. The van der Waals surface area contributed by atoms with Gasteiger partial charge in [0.1, 0.15) is 0 Å². The molecule has 0 fully saturated rings. The molecule has 11 heavy (non-hydrogen) atoms. The van der Waals surface area contributed by atoms with Crippen LogP contribution in [0.25, 0.3) is 0 Å². The lowest BCUT2D eigenvalue weighted by molar-refractivity contribution is 0.397. The lowest BCUT2D eigenvalue weighted by atomic mass is 10.4.